The van der Waals surface area contributed by atoms with Crippen LogP contribution in [0.25, 0.3) is 5.82 Å². The van der Waals surface area contributed by atoms with Crippen molar-refractivity contribution in [2.75, 3.05) is 5.32 Å². The smallest absolute Gasteiger partial charge is 0.278 e. The summed E-state index contributed by atoms with van der Waals surface area (Å²) in [6.45, 7) is 0. The van der Waals surface area contributed by atoms with Crippen LogP contribution in [0.5, 0.6) is 0 Å². The van der Waals surface area contributed by atoms with Crippen molar-refractivity contribution in [2.45, 2.75) is 25.7 Å². The van der Waals surface area contributed by atoms with Crippen molar-refractivity contribution < 1.29 is 9.32 Å². The SMILES string of the molecule is O=C(Nc1onc2c1CCCC2)c1ccc(-n2cncn2)nn1. The Labute approximate surface area is 130 Å². The zero-order valence-corrected chi connectivity index (χ0v) is 12.1. The van der Waals surface area contributed by atoms with Crippen molar-refractivity contribution in [2.24, 2.45) is 0 Å². The Kier molecular flexibility index (Phi) is 3.30. The summed E-state index contributed by atoms with van der Waals surface area (Å²) >= 11 is 0. The fourth-order valence-electron chi connectivity index (χ4n) is 2.55. The van der Waals surface area contributed by atoms with Crippen LogP contribution in [0.4, 0.5) is 5.88 Å². The van der Waals surface area contributed by atoms with E-state index in [4.69, 9.17) is 4.52 Å². The largest absolute Gasteiger partial charge is 0.338 e. The van der Waals surface area contributed by atoms with E-state index in [2.05, 4.69) is 30.8 Å². The average Bonchev–Trinajstić information content (AvgIpc) is 3.25. The maximum absolute atomic E-state index is 12.3. The minimum atomic E-state index is -0.382. The molecular formula is C14H13N7O2. The highest BCUT2D eigenvalue weighted by molar-refractivity contribution is 6.02. The number of anilines is 1. The van der Waals surface area contributed by atoms with Gasteiger partial charge in [0.15, 0.2) is 11.5 Å². The van der Waals surface area contributed by atoms with Gasteiger partial charge in [-0.2, -0.15) is 5.10 Å². The van der Waals surface area contributed by atoms with Crippen LogP contribution < -0.4 is 5.32 Å². The maximum Gasteiger partial charge on any atom is 0.278 e. The molecule has 23 heavy (non-hydrogen) atoms. The number of aryl methyl sites for hydroxylation is 1. The predicted molar refractivity (Wildman–Crippen MR) is 78.0 cm³/mol. The summed E-state index contributed by atoms with van der Waals surface area (Å²) in [5.74, 6) is 0.509. The lowest BCUT2D eigenvalue weighted by Gasteiger charge is -2.09. The fraction of sp³-hybridized carbons (Fsp3) is 0.286. The number of hydrogen-bond donors (Lipinski definition) is 1. The first-order valence-corrected chi connectivity index (χ1v) is 7.29. The minimum Gasteiger partial charge on any atom is -0.338 e. The van der Waals surface area contributed by atoms with Crippen molar-refractivity contribution in [3.8, 4) is 5.82 Å². The average molecular weight is 311 g/mol. The Balaban J connectivity index is 1.52. The van der Waals surface area contributed by atoms with E-state index in [0.29, 0.717) is 11.7 Å². The molecule has 116 valence electrons. The van der Waals surface area contributed by atoms with Gasteiger partial charge in [0.2, 0.25) is 5.88 Å². The van der Waals surface area contributed by atoms with Gasteiger partial charge in [0, 0.05) is 5.56 Å². The summed E-state index contributed by atoms with van der Waals surface area (Å²) in [5, 5.41) is 18.5. The molecule has 3 aromatic heterocycles. The molecule has 1 N–H and O–H groups in total. The van der Waals surface area contributed by atoms with Crippen LogP contribution in [-0.4, -0.2) is 36.0 Å². The van der Waals surface area contributed by atoms with Crippen LogP contribution in [0.1, 0.15) is 34.6 Å². The van der Waals surface area contributed by atoms with Gasteiger partial charge in [0.1, 0.15) is 12.7 Å². The first-order valence-electron chi connectivity index (χ1n) is 7.29. The number of hydrogen-bond acceptors (Lipinski definition) is 7. The Morgan fingerprint density at radius 3 is 2.91 bits per heavy atom. The van der Waals surface area contributed by atoms with Crippen molar-refractivity contribution in [1.82, 2.24) is 30.1 Å². The van der Waals surface area contributed by atoms with Crippen LogP contribution in [0.15, 0.2) is 29.3 Å². The molecule has 0 saturated carbocycles. The molecule has 1 aliphatic carbocycles. The molecular weight excluding hydrogens is 298 g/mol. The Morgan fingerprint density at radius 1 is 1.22 bits per heavy atom. The number of aromatic nitrogens is 6. The van der Waals surface area contributed by atoms with Crippen LogP contribution in [-0.2, 0) is 12.8 Å². The number of carbonyl (C=O) groups excluding carboxylic acids is 1. The third-order valence-electron chi connectivity index (χ3n) is 3.72. The lowest BCUT2D eigenvalue weighted by atomic mass is 9.98. The summed E-state index contributed by atoms with van der Waals surface area (Å²) in [4.78, 5) is 16.1. The number of nitrogens with one attached hydrogen (secondary N) is 1. The number of fused-ring (bicyclic) bond motifs is 1. The number of carbonyl (C=O) groups is 1. The highest BCUT2D eigenvalue weighted by Gasteiger charge is 2.21. The normalized spacial score (nSPS) is 13.6. The van der Waals surface area contributed by atoms with E-state index < -0.39 is 0 Å². The van der Waals surface area contributed by atoms with E-state index in [0.717, 1.165) is 36.9 Å². The number of nitrogens with zero attached hydrogens (tertiary/aromatic N) is 6. The van der Waals surface area contributed by atoms with Crippen LogP contribution in [0.2, 0.25) is 0 Å². The molecule has 3 heterocycles. The molecule has 0 aromatic carbocycles. The molecule has 0 unspecified atom stereocenters. The van der Waals surface area contributed by atoms with E-state index in [-0.39, 0.29) is 11.6 Å². The molecule has 1 amide bonds. The molecule has 0 aliphatic heterocycles. The van der Waals surface area contributed by atoms with Gasteiger partial charge in [-0.15, -0.1) is 10.2 Å². The van der Waals surface area contributed by atoms with E-state index in [9.17, 15) is 4.79 Å². The summed E-state index contributed by atoms with van der Waals surface area (Å²) in [5.41, 5.74) is 2.10. The first-order chi connectivity index (χ1) is 11.3. The molecule has 0 spiro atoms. The highest BCUT2D eigenvalue weighted by Crippen LogP contribution is 2.27. The number of amides is 1. The molecule has 9 nitrogen and oxygen atoms in total. The predicted octanol–water partition coefficient (Wildman–Crippen LogP) is 1.18. The second-order valence-corrected chi connectivity index (χ2v) is 5.22. The Hall–Kier alpha value is -3.10. The van der Waals surface area contributed by atoms with Gasteiger partial charge >= 0.3 is 0 Å². The summed E-state index contributed by atoms with van der Waals surface area (Å²) < 4.78 is 6.70. The van der Waals surface area contributed by atoms with Crippen molar-refractivity contribution in [3.05, 3.63) is 41.7 Å². The molecule has 0 fully saturated rings. The van der Waals surface area contributed by atoms with Crippen molar-refractivity contribution >= 4 is 11.8 Å². The second kappa shape index (κ2) is 5.59. The lowest BCUT2D eigenvalue weighted by Crippen LogP contribution is -2.16. The topological polar surface area (TPSA) is 112 Å². The van der Waals surface area contributed by atoms with Gasteiger partial charge in [-0.1, -0.05) is 5.16 Å². The molecule has 1 aliphatic rings. The van der Waals surface area contributed by atoms with Crippen LogP contribution in [0, 0.1) is 0 Å². The zero-order chi connectivity index (χ0) is 15.6. The maximum atomic E-state index is 12.3. The Bertz CT molecular complexity index is 823. The Morgan fingerprint density at radius 2 is 2.13 bits per heavy atom. The zero-order valence-electron chi connectivity index (χ0n) is 12.1. The third kappa shape index (κ3) is 2.56. The fourth-order valence-corrected chi connectivity index (χ4v) is 2.55. The molecule has 0 radical (unpaired) electrons. The molecule has 0 atom stereocenters. The molecule has 9 heteroatoms. The van der Waals surface area contributed by atoms with Gasteiger partial charge in [-0.3, -0.25) is 10.1 Å². The van der Waals surface area contributed by atoms with Crippen molar-refractivity contribution in [1.29, 1.82) is 0 Å². The molecule has 4 rings (SSSR count). The van der Waals surface area contributed by atoms with Gasteiger partial charge in [-0.05, 0) is 37.8 Å². The number of rotatable bonds is 3. The van der Waals surface area contributed by atoms with Crippen molar-refractivity contribution in [3.63, 3.8) is 0 Å². The van der Waals surface area contributed by atoms with Crippen LogP contribution in [0.3, 0.4) is 0 Å². The van der Waals surface area contributed by atoms with E-state index in [1.807, 2.05) is 0 Å². The van der Waals surface area contributed by atoms with Gasteiger partial charge < -0.3 is 4.52 Å². The molecule has 3 aromatic rings. The summed E-state index contributed by atoms with van der Waals surface area (Å²) in [6.07, 6.45) is 6.83. The molecule has 0 bridgehead atoms. The standard InChI is InChI=1S/C14H13N7O2/c22-13(17-14-9-3-1-2-4-10(9)20-23-14)11-5-6-12(19-18-11)21-8-15-7-16-21/h5-8H,1-4H2,(H,17,22). The quantitative estimate of drug-likeness (QED) is 0.772. The summed E-state index contributed by atoms with van der Waals surface area (Å²) in [6, 6.07) is 3.22. The first kappa shape index (κ1) is 13.6. The highest BCUT2D eigenvalue weighted by atomic mass is 16.5. The van der Waals surface area contributed by atoms with Crippen LogP contribution >= 0.6 is 0 Å². The van der Waals surface area contributed by atoms with Gasteiger partial charge in [0.25, 0.3) is 5.91 Å². The van der Waals surface area contributed by atoms with Gasteiger partial charge in [-0.25, -0.2) is 9.67 Å². The van der Waals surface area contributed by atoms with E-state index >= 15 is 0 Å². The van der Waals surface area contributed by atoms with E-state index in [1.165, 1.54) is 17.3 Å². The minimum absolute atomic E-state index is 0.190. The molecule has 0 saturated heterocycles. The lowest BCUT2D eigenvalue weighted by molar-refractivity contribution is 0.101. The third-order valence-corrected chi connectivity index (χ3v) is 3.72. The monoisotopic (exact) mass is 311 g/mol. The second-order valence-electron chi connectivity index (χ2n) is 5.22. The summed E-state index contributed by atoms with van der Waals surface area (Å²) in [7, 11) is 0. The van der Waals surface area contributed by atoms with Gasteiger partial charge in [0.05, 0.1) is 5.69 Å². The van der Waals surface area contributed by atoms with E-state index in [1.54, 1.807) is 12.1 Å².